The lowest BCUT2D eigenvalue weighted by atomic mass is 10.1. The van der Waals surface area contributed by atoms with Gasteiger partial charge in [-0.15, -0.1) is 0 Å². The van der Waals surface area contributed by atoms with Crippen molar-refractivity contribution < 1.29 is 19.0 Å². The highest BCUT2D eigenvalue weighted by Gasteiger charge is 2.28. The Balaban J connectivity index is 1.51. The number of hydrogen-bond donors (Lipinski definition) is 0. The Kier molecular flexibility index (Phi) is 3.78. The van der Waals surface area contributed by atoms with Gasteiger partial charge in [-0.25, -0.2) is 0 Å². The molecule has 1 fully saturated rings. The van der Waals surface area contributed by atoms with Crippen molar-refractivity contribution in [3.05, 3.63) is 47.5 Å². The van der Waals surface area contributed by atoms with Crippen LogP contribution in [-0.2, 0) is 4.74 Å². The average molecular weight is 327 g/mol. The van der Waals surface area contributed by atoms with Crippen LogP contribution in [-0.4, -0.2) is 47.3 Å². The van der Waals surface area contributed by atoms with E-state index < -0.39 is 0 Å². The number of aryl methyl sites for hydroxylation is 1. The van der Waals surface area contributed by atoms with Gasteiger partial charge in [0.2, 0.25) is 6.79 Å². The Morgan fingerprint density at radius 2 is 2.08 bits per heavy atom. The number of nitrogens with zero attached hydrogens (tertiary/aromatic N) is 3. The standard InChI is InChI=1S/C17H17N3O4/c1-11-7-19-13(8-18-11)16-9-20(4-5-22-16)17(21)12-2-3-14-15(6-12)24-10-23-14/h2-3,6-8,16H,4-5,9-10H2,1H3. The molecule has 1 aromatic heterocycles. The van der Waals surface area contributed by atoms with Gasteiger partial charge in [0.05, 0.1) is 30.7 Å². The number of rotatable bonds is 2. The first kappa shape index (κ1) is 14.9. The van der Waals surface area contributed by atoms with E-state index in [0.29, 0.717) is 36.8 Å². The quantitative estimate of drug-likeness (QED) is 0.836. The summed E-state index contributed by atoms with van der Waals surface area (Å²) in [7, 11) is 0. The van der Waals surface area contributed by atoms with Crippen molar-refractivity contribution >= 4 is 5.91 Å². The van der Waals surface area contributed by atoms with Gasteiger partial charge in [0.25, 0.3) is 5.91 Å². The van der Waals surface area contributed by atoms with Crippen molar-refractivity contribution in [3.63, 3.8) is 0 Å². The lowest BCUT2D eigenvalue weighted by Crippen LogP contribution is -2.42. The molecule has 1 saturated heterocycles. The summed E-state index contributed by atoms with van der Waals surface area (Å²) >= 11 is 0. The molecule has 0 bridgehead atoms. The monoisotopic (exact) mass is 327 g/mol. The summed E-state index contributed by atoms with van der Waals surface area (Å²) in [6.45, 7) is 3.54. The van der Waals surface area contributed by atoms with Crippen LogP contribution >= 0.6 is 0 Å². The molecule has 0 aliphatic carbocycles. The lowest BCUT2D eigenvalue weighted by molar-refractivity contribution is -0.0249. The van der Waals surface area contributed by atoms with Crippen LogP contribution < -0.4 is 9.47 Å². The molecule has 7 heteroatoms. The largest absolute Gasteiger partial charge is 0.454 e. The molecule has 2 aliphatic rings. The van der Waals surface area contributed by atoms with Gasteiger partial charge in [-0.3, -0.25) is 14.8 Å². The van der Waals surface area contributed by atoms with Gasteiger partial charge in [-0.2, -0.15) is 0 Å². The van der Waals surface area contributed by atoms with Gasteiger partial charge in [0, 0.05) is 18.3 Å². The summed E-state index contributed by atoms with van der Waals surface area (Å²) in [5.41, 5.74) is 2.17. The first-order valence-corrected chi connectivity index (χ1v) is 7.80. The molecular formula is C17H17N3O4. The highest BCUT2D eigenvalue weighted by molar-refractivity contribution is 5.95. The summed E-state index contributed by atoms with van der Waals surface area (Å²) in [5, 5.41) is 0. The third-order valence-electron chi connectivity index (χ3n) is 4.10. The molecule has 1 aromatic carbocycles. The van der Waals surface area contributed by atoms with Crippen LogP contribution in [0.15, 0.2) is 30.6 Å². The molecule has 7 nitrogen and oxygen atoms in total. The fraction of sp³-hybridized carbons (Fsp3) is 0.353. The molecule has 0 radical (unpaired) electrons. The van der Waals surface area contributed by atoms with Crippen LogP contribution in [0.25, 0.3) is 0 Å². The summed E-state index contributed by atoms with van der Waals surface area (Å²) in [5.74, 6) is 1.22. The number of aromatic nitrogens is 2. The highest BCUT2D eigenvalue weighted by Crippen LogP contribution is 2.33. The van der Waals surface area contributed by atoms with Crippen molar-refractivity contribution in [3.8, 4) is 11.5 Å². The van der Waals surface area contributed by atoms with Crippen LogP contribution in [0.5, 0.6) is 11.5 Å². The van der Waals surface area contributed by atoms with Crippen molar-refractivity contribution in [2.24, 2.45) is 0 Å². The fourth-order valence-corrected chi connectivity index (χ4v) is 2.79. The molecular weight excluding hydrogens is 310 g/mol. The number of hydrogen-bond acceptors (Lipinski definition) is 6. The van der Waals surface area contributed by atoms with E-state index in [2.05, 4.69) is 9.97 Å². The van der Waals surface area contributed by atoms with Gasteiger partial charge < -0.3 is 19.1 Å². The smallest absolute Gasteiger partial charge is 0.254 e. The van der Waals surface area contributed by atoms with Crippen molar-refractivity contribution in [2.75, 3.05) is 26.5 Å². The van der Waals surface area contributed by atoms with Crippen LogP contribution in [0.1, 0.15) is 27.8 Å². The molecule has 0 saturated carbocycles. The Bertz CT molecular complexity index is 763. The second-order valence-electron chi connectivity index (χ2n) is 5.76. The van der Waals surface area contributed by atoms with Crippen molar-refractivity contribution in [1.82, 2.24) is 14.9 Å². The molecule has 1 amide bonds. The van der Waals surface area contributed by atoms with Gasteiger partial charge in [-0.05, 0) is 25.1 Å². The second kappa shape index (κ2) is 6.09. The normalized spacial score (nSPS) is 19.4. The maximum atomic E-state index is 12.8. The van der Waals surface area contributed by atoms with E-state index in [1.807, 2.05) is 6.92 Å². The lowest BCUT2D eigenvalue weighted by Gasteiger charge is -2.32. The number of amides is 1. The minimum absolute atomic E-state index is 0.0540. The SMILES string of the molecule is Cc1cnc(C2CN(C(=O)c3ccc4c(c3)OCO4)CCO2)cn1. The summed E-state index contributed by atoms with van der Waals surface area (Å²) < 4.78 is 16.4. The molecule has 2 aromatic rings. The van der Waals surface area contributed by atoms with Gasteiger partial charge in [0.1, 0.15) is 6.10 Å². The van der Waals surface area contributed by atoms with Crippen LogP contribution in [0, 0.1) is 6.92 Å². The van der Waals surface area contributed by atoms with Crippen molar-refractivity contribution in [1.29, 1.82) is 0 Å². The zero-order valence-corrected chi connectivity index (χ0v) is 13.3. The van der Waals surface area contributed by atoms with E-state index in [4.69, 9.17) is 14.2 Å². The first-order chi connectivity index (χ1) is 11.7. The Labute approximate surface area is 139 Å². The summed E-state index contributed by atoms with van der Waals surface area (Å²) in [6, 6.07) is 5.24. The summed E-state index contributed by atoms with van der Waals surface area (Å²) in [4.78, 5) is 23.1. The second-order valence-corrected chi connectivity index (χ2v) is 5.76. The van der Waals surface area contributed by atoms with E-state index in [0.717, 1.165) is 11.4 Å². The number of ether oxygens (including phenoxy) is 3. The van der Waals surface area contributed by atoms with Crippen LogP contribution in [0.2, 0.25) is 0 Å². The van der Waals surface area contributed by atoms with Crippen molar-refractivity contribution in [2.45, 2.75) is 13.0 Å². The summed E-state index contributed by atoms with van der Waals surface area (Å²) in [6.07, 6.45) is 3.15. The van der Waals surface area contributed by atoms with E-state index >= 15 is 0 Å². The molecule has 2 aliphatic heterocycles. The van der Waals surface area contributed by atoms with Crippen LogP contribution in [0.4, 0.5) is 0 Å². The van der Waals surface area contributed by atoms with Gasteiger partial charge in [0.15, 0.2) is 11.5 Å². The zero-order chi connectivity index (χ0) is 16.5. The predicted octanol–water partition coefficient (Wildman–Crippen LogP) is 1.73. The minimum atomic E-state index is -0.259. The van der Waals surface area contributed by atoms with E-state index in [1.54, 1.807) is 35.5 Å². The first-order valence-electron chi connectivity index (χ1n) is 7.80. The fourth-order valence-electron chi connectivity index (χ4n) is 2.79. The number of carbonyl (C=O) groups excluding carboxylic acids is 1. The van der Waals surface area contributed by atoms with E-state index in [9.17, 15) is 4.79 Å². The Hall–Kier alpha value is -2.67. The number of benzene rings is 1. The molecule has 3 heterocycles. The number of fused-ring (bicyclic) bond motifs is 1. The number of morpholine rings is 1. The minimum Gasteiger partial charge on any atom is -0.454 e. The molecule has 24 heavy (non-hydrogen) atoms. The molecule has 0 spiro atoms. The molecule has 0 N–H and O–H groups in total. The third-order valence-corrected chi connectivity index (χ3v) is 4.10. The Morgan fingerprint density at radius 1 is 1.21 bits per heavy atom. The highest BCUT2D eigenvalue weighted by atomic mass is 16.7. The topological polar surface area (TPSA) is 73.8 Å². The van der Waals surface area contributed by atoms with Gasteiger partial charge >= 0.3 is 0 Å². The maximum absolute atomic E-state index is 12.8. The van der Waals surface area contributed by atoms with E-state index in [-0.39, 0.29) is 18.8 Å². The zero-order valence-electron chi connectivity index (χ0n) is 13.3. The average Bonchev–Trinajstić information content (AvgIpc) is 3.09. The maximum Gasteiger partial charge on any atom is 0.254 e. The third kappa shape index (κ3) is 2.78. The molecule has 124 valence electrons. The molecule has 1 atom stereocenters. The Morgan fingerprint density at radius 3 is 2.92 bits per heavy atom. The number of carbonyl (C=O) groups is 1. The van der Waals surface area contributed by atoms with Crippen LogP contribution in [0.3, 0.4) is 0 Å². The van der Waals surface area contributed by atoms with Gasteiger partial charge in [-0.1, -0.05) is 0 Å². The molecule has 4 rings (SSSR count). The van der Waals surface area contributed by atoms with E-state index in [1.165, 1.54) is 0 Å². The molecule has 1 unspecified atom stereocenters. The predicted molar refractivity (Wildman–Crippen MR) is 83.9 cm³/mol.